The van der Waals surface area contributed by atoms with Gasteiger partial charge in [0.25, 0.3) is 0 Å². The molecule has 0 fully saturated rings. The molecule has 0 bridgehead atoms. The van der Waals surface area contributed by atoms with E-state index >= 15 is 0 Å². The molecular weight excluding hydrogens is 232 g/mol. The molecule has 7 heteroatoms. The molecule has 2 amide bonds. The predicted octanol–water partition coefficient (Wildman–Crippen LogP) is -1.46. The molecule has 0 aromatic rings. The van der Waals surface area contributed by atoms with Crippen LogP contribution < -0.4 is 15.7 Å². The van der Waals surface area contributed by atoms with Crippen LogP contribution in [0.15, 0.2) is 0 Å². The van der Waals surface area contributed by atoms with E-state index in [2.05, 4.69) is 10.6 Å². The summed E-state index contributed by atoms with van der Waals surface area (Å²) in [5.41, 5.74) is 0. The molecule has 0 rings (SSSR count). The van der Waals surface area contributed by atoms with Crippen molar-refractivity contribution in [1.29, 1.82) is 0 Å². The number of carbonyl (C=O) groups is 2. The quantitative estimate of drug-likeness (QED) is 0.512. The zero-order valence-corrected chi connectivity index (χ0v) is 10.2. The average Bonchev–Trinajstić information content (AvgIpc) is 2.20. The molecule has 0 radical (unpaired) electrons. The number of nitrogens with one attached hydrogen (secondary N) is 2. The van der Waals surface area contributed by atoms with Crippen molar-refractivity contribution in [3.05, 3.63) is 0 Å². The van der Waals surface area contributed by atoms with Crippen molar-refractivity contribution in [1.82, 2.24) is 10.6 Å². The van der Waals surface area contributed by atoms with E-state index in [0.717, 1.165) is 0 Å². The van der Waals surface area contributed by atoms with Crippen LogP contribution in [0, 0.1) is 0 Å². The molecule has 0 aliphatic heterocycles. The van der Waals surface area contributed by atoms with Gasteiger partial charge in [-0.15, -0.1) is 0 Å². The fraction of sp³-hybridized carbons (Fsp3) is 0.778. The van der Waals surface area contributed by atoms with Crippen LogP contribution in [0.1, 0.15) is 13.3 Å². The molecule has 0 heterocycles. The summed E-state index contributed by atoms with van der Waals surface area (Å²) in [6, 6.07) is -1.61. The third-order valence-electron chi connectivity index (χ3n) is 1.76. The molecule has 3 N–H and O–H groups in total. The van der Waals surface area contributed by atoms with E-state index in [9.17, 15) is 14.7 Å². The largest absolute Gasteiger partial charge is 0.548 e. The SMILES string of the molecule is CSCC[C@H](NC(=O)NC[C@H](C)O)C(=O)[O-]. The molecule has 6 nitrogen and oxygen atoms in total. The summed E-state index contributed by atoms with van der Waals surface area (Å²) in [5.74, 6) is -0.684. The molecule has 0 saturated carbocycles. The van der Waals surface area contributed by atoms with E-state index in [0.29, 0.717) is 12.2 Å². The van der Waals surface area contributed by atoms with Crippen molar-refractivity contribution in [2.24, 2.45) is 0 Å². The molecule has 2 atom stereocenters. The van der Waals surface area contributed by atoms with Gasteiger partial charge in [0.2, 0.25) is 0 Å². The Balaban J connectivity index is 3.98. The second-order valence-electron chi connectivity index (χ2n) is 3.36. The number of thioether (sulfide) groups is 1. The summed E-state index contributed by atoms with van der Waals surface area (Å²) in [7, 11) is 0. The fourth-order valence-electron chi connectivity index (χ4n) is 0.934. The lowest BCUT2D eigenvalue weighted by Crippen LogP contribution is -2.52. The smallest absolute Gasteiger partial charge is 0.315 e. The first-order valence-electron chi connectivity index (χ1n) is 4.89. The Bertz CT molecular complexity index is 236. The summed E-state index contributed by atoms with van der Waals surface area (Å²) < 4.78 is 0. The predicted molar refractivity (Wildman–Crippen MR) is 60.0 cm³/mol. The molecule has 0 spiro atoms. The maximum Gasteiger partial charge on any atom is 0.315 e. The van der Waals surface area contributed by atoms with Gasteiger partial charge in [0.1, 0.15) is 0 Å². The van der Waals surface area contributed by atoms with Gasteiger partial charge in [0.05, 0.1) is 18.1 Å². The van der Waals surface area contributed by atoms with Gasteiger partial charge in [-0.3, -0.25) is 0 Å². The van der Waals surface area contributed by atoms with Gasteiger partial charge in [-0.2, -0.15) is 11.8 Å². The van der Waals surface area contributed by atoms with Crippen molar-refractivity contribution >= 4 is 23.8 Å². The Hall–Kier alpha value is -0.950. The molecule has 0 unspecified atom stereocenters. The van der Waals surface area contributed by atoms with Gasteiger partial charge in [-0.25, -0.2) is 4.79 Å². The first kappa shape index (κ1) is 15.0. The zero-order valence-electron chi connectivity index (χ0n) is 9.36. The fourth-order valence-corrected chi connectivity index (χ4v) is 1.41. The van der Waals surface area contributed by atoms with E-state index in [1.165, 1.54) is 18.7 Å². The number of urea groups is 1. The number of amides is 2. The van der Waals surface area contributed by atoms with Crippen LogP contribution in [-0.2, 0) is 4.79 Å². The number of aliphatic carboxylic acids is 1. The Morgan fingerprint density at radius 1 is 1.50 bits per heavy atom. The minimum atomic E-state index is -1.30. The van der Waals surface area contributed by atoms with Crippen molar-refractivity contribution in [3.8, 4) is 0 Å². The van der Waals surface area contributed by atoms with Gasteiger partial charge in [-0.05, 0) is 25.4 Å². The lowest BCUT2D eigenvalue weighted by Gasteiger charge is -2.19. The maximum absolute atomic E-state index is 11.2. The van der Waals surface area contributed by atoms with Gasteiger partial charge in [0, 0.05) is 6.54 Å². The highest BCUT2D eigenvalue weighted by Gasteiger charge is 2.12. The standard InChI is InChI=1S/C9H18N2O4S/c1-6(12)5-10-9(15)11-7(8(13)14)3-4-16-2/h6-7,12H,3-5H2,1-2H3,(H,13,14)(H2,10,11,15)/p-1/t6-,7-/m0/s1. The van der Waals surface area contributed by atoms with E-state index in [-0.39, 0.29) is 6.54 Å². The molecule has 0 aliphatic rings. The van der Waals surface area contributed by atoms with Gasteiger partial charge in [0.15, 0.2) is 0 Å². The molecule has 16 heavy (non-hydrogen) atoms. The van der Waals surface area contributed by atoms with Crippen molar-refractivity contribution in [2.75, 3.05) is 18.6 Å². The second kappa shape index (κ2) is 8.23. The van der Waals surface area contributed by atoms with Crippen molar-refractivity contribution < 1.29 is 19.8 Å². The normalized spacial score (nSPS) is 13.9. The summed E-state index contributed by atoms with van der Waals surface area (Å²) >= 11 is 1.49. The van der Waals surface area contributed by atoms with Gasteiger partial charge < -0.3 is 25.6 Å². The molecule has 0 saturated heterocycles. The van der Waals surface area contributed by atoms with Crippen LogP contribution in [0.4, 0.5) is 4.79 Å². The molecule has 0 aromatic carbocycles. The van der Waals surface area contributed by atoms with Crippen LogP contribution in [0.5, 0.6) is 0 Å². The van der Waals surface area contributed by atoms with Gasteiger partial charge >= 0.3 is 6.03 Å². The second-order valence-corrected chi connectivity index (χ2v) is 4.34. The monoisotopic (exact) mass is 249 g/mol. The number of carboxylic acid groups (broad SMARTS) is 1. The van der Waals surface area contributed by atoms with Crippen molar-refractivity contribution in [2.45, 2.75) is 25.5 Å². The molecule has 0 aliphatic carbocycles. The molecule has 94 valence electrons. The van der Waals surface area contributed by atoms with Crippen LogP contribution in [0.3, 0.4) is 0 Å². The summed E-state index contributed by atoms with van der Waals surface area (Å²) in [6.45, 7) is 1.60. The topological polar surface area (TPSA) is 101 Å². The third-order valence-corrected chi connectivity index (χ3v) is 2.40. The third kappa shape index (κ3) is 7.36. The lowest BCUT2D eigenvalue weighted by atomic mass is 10.2. The van der Waals surface area contributed by atoms with E-state index in [1.807, 2.05) is 6.26 Å². The summed E-state index contributed by atoms with van der Waals surface area (Å²) in [5, 5.41) is 24.2. The van der Waals surface area contributed by atoms with Crippen molar-refractivity contribution in [3.63, 3.8) is 0 Å². The van der Waals surface area contributed by atoms with Crippen LogP contribution in [0.25, 0.3) is 0 Å². The lowest BCUT2D eigenvalue weighted by molar-refractivity contribution is -0.308. The average molecular weight is 249 g/mol. The van der Waals surface area contributed by atoms with E-state index in [4.69, 9.17) is 5.11 Å². The van der Waals surface area contributed by atoms with Crippen LogP contribution in [0.2, 0.25) is 0 Å². The van der Waals surface area contributed by atoms with Gasteiger partial charge in [-0.1, -0.05) is 0 Å². The van der Waals surface area contributed by atoms with E-state index < -0.39 is 24.1 Å². The highest BCUT2D eigenvalue weighted by atomic mass is 32.2. The summed E-state index contributed by atoms with van der Waals surface area (Å²) in [4.78, 5) is 21.9. The number of rotatable bonds is 7. The number of aliphatic hydroxyl groups excluding tert-OH is 1. The number of hydrogen-bond donors (Lipinski definition) is 3. The Morgan fingerprint density at radius 2 is 2.12 bits per heavy atom. The first-order chi connectivity index (χ1) is 7.47. The van der Waals surface area contributed by atoms with Crippen LogP contribution in [-0.4, -0.2) is 47.8 Å². The minimum Gasteiger partial charge on any atom is -0.548 e. The zero-order chi connectivity index (χ0) is 12.6. The number of hydrogen-bond acceptors (Lipinski definition) is 5. The van der Waals surface area contributed by atoms with Crippen LogP contribution >= 0.6 is 11.8 Å². The highest BCUT2D eigenvalue weighted by molar-refractivity contribution is 7.98. The Labute approximate surface area is 98.8 Å². The Morgan fingerprint density at radius 3 is 2.56 bits per heavy atom. The summed E-state index contributed by atoms with van der Waals surface area (Å²) in [6.07, 6.45) is 1.49. The first-order valence-corrected chi connectivity index (χ1v) is 6.29. The minimum absolute atomic E-state index is 0.0775. The maximum atomic E-state index is 11.2. The number of aliphatic hydroxyl groups is 1. The van der Waals surface area contributed by atoms with E-state index in [1.54, 1.807) is 0 Å². The molecular formula is C9H17N2O4S-. The number of carboxylic acids is 1. The Kier molecular flexibility index (Phi) is 7.74. The molecule has 0 aromatic heterocycles. The highest BCUT2D eigenvalue weighted by Crippen LogP contribution is 1.99. The number of carbonyl (C=O) groups excluding carboxylic acids is 2.